The number of nitrogens with zero attached hydrogens (tertiary/aromatic N) is 2. The van der Waals surface area contributed by atoms with Crippen LogP contribution in [0.25, 0.3) is 0 Å². The maximum absolute atomic E-state index is 12.4. The van der Waals surface area contributed by atoms with E-state index < -0.39 is 0 Å². The molecule has 0 N–H and O–H groups in total. The van der Waals surface area contributed by atoms with Crippen LogP contribution in [0.5, 0.6) is 0 Å². The molecule has 1 aromatic rings. The van der Waals surface area contributed by atoms with E-state index in [1.54, 1.807) is 12.4 Å². The molecule has 0 radical (unpaired) electrons. The van der Waals surface area contributed by atoms with E-state index >= 15 is 0 Å². The summed E-state index contributed by atoms with van der Waals surface area (Å²) in [5.74, 6) is 0.247. The van der Waals surface area contributed by atoms with Crippen LogP contribution >= 0.6 is 0 Å². The van der Waals surface area contributed by atoms with Crippen molar-refractivity contribution in [2.75, 3.05) is 0 Å². The largest absolute Gasteiger partial charge is 0.335 e. The maximum Gasteiger partial charge on any atom is 0.228 e. The van der Waals surface area contributed by atoms with Crippen molar-refractivity contribution in [2.45, 2.75) is 46.2 Å². The first-order valence-electron chi connectivity index (χ1n) is 6.18. The van der Waals surface area contributed by atoms with Gasteiger partial charge in [-0.3, -0.25) is 9.78 Å². The number of pyridine rings is 1. The average Bonchev–Trinajstić information content (AvgIpc) is 3.09. The van der Waals surface area contributed by atoms with Gasteiger partial charge in [0, 0.05) is 30.4 Å². The first-order chi connectivity index (χ1) is 7.98. The zero-order valence-corrected chi connectivity index (χ0v) is 10.8. The third-order valence-corrected chi connectivity index (χ3v) is 2.99. The van der Waals surface area contributed by atoms with Gasteiger partial charge < -0.3 is 4.90 Å². The van der Waals surface area contributed by atoms with Gasteiger partial charge in [0.25, 0.3) is 0 Å². The van der Waals surface area contributed by atoms with Gasteiger partial charge in [-0.25, -0.2) is 0 Å². The molecule has 1 fully saturated rings. The Kier molecular flexibility index (Phi) is 3.18. The third-order valence-electron chi connectivity index (χ3n) is 2.99. The van der Waals surface area contributed by atoms with Gasteiger partial charge in [-0.1, -0.05) is 20.8 Å². The van der Waals surface area contributed by atoms with Crippen LogP contribution in [0.2, 0.25) is 0 Å². The molecule has 0 bridgehead atoms. The fourth-order valence-electron chi connectivity index (χ4n) is 1.87. The minimum Gasteiger partial charge on any atom is -0.335 e. The lowest BCUT2D eigenvalue weighted by Gasteiger charge is -2.29. The van der Waals surface area contributed by atoms with Crippen molar-refractivity contribution in [1.29, 1.82) is 0 Å². The predicted octanol–water partition coefficient (Wildman–Crippen LogP) is 2.62. The van der Waals surface area contributed by atoms with Crippen molar-refractivity contribution in [3.8, 4) is 0 Å². The van der Waals surface area contributed by atoms with Gasteiger partial charge in [-0.2, -0.15) is 0 Å². The molecule has 3 nitrogen and oxygen atoms in total. The second kappa shape index (κ2) is 4.47. The molecule has 0 aromatic carbocycles. The van der Waals surface area contributed by atoms with Crippen molar-refractivity contribution in [2.24, 2.45) is 5.41 Å². The third kappa shape index (κ3) is 3.05. The number of aromatic nitrogens is 1. The number of hydrogen-bond donors (Lipinski definition) is 0. The van der Waals surface area contributed by atoms with Crippen LogP contribution in [-0.4, -0.2) is 21.8 Å². The van der Waals surface area contributed by atoms with Gasteiger partial charge in [0.2, 0.25) is 5.91 Å². The second-order valence-electron chi connectivity index (χ2n) is 5.77. The van der Waals surface area contributed by atoms with Crippen LogP contribution in [0.1, 0.15) is 39.2 Å². The fourth-order valence-corrected chi connectivity index (χ4v) is 1.87. The normalized spacial score (nSPS) is 15.7. The molecule has 17 heavy (non-hydrogen) atoms. The van der Waals surface area contributed by atoms with E-state index in [1.807, 2.05) is 37.8 Å². The van der Waals surface area contributed by atoms with Crippen molar-refractivity contribution >= 4 is 5.91 Å². The van der Waals surface area contributed by atoms with E-state index in [1.165, 1.54) is 0 Å². The summed E-state index contributed by atoms with van der Waals surface area (Å²) >= 11 is 0. The summed E-state index contributed by atoms with van der Waals surface area (Å²) in [6, 6.07) is 4.41. The Hall–Kier alpha value is -1.38. The van der Waals surface area contributed by atoms with E-state index in [0.717, 1.165) is 18.4 Å². The minimum absolute atomic E-state index is 0.247. The smallest absolute Gasteiger partial charge is 0.228 e. The molecule has 2 rings (SSSR count). The summed E-state index contributed by atoms with van der Waals surface area (Å²) in [5.41, 5.74) is 0.861. The Morgan fingerprint density at radius 1 is 1.35 bits per heavy atom. The lowest BCUT2D eigenvalue weighted by atomic mass is 9.94. The van der Waals surface area contributed by atoms with E-state index in [2.05, 4.69) is 4.98 Å². The van der Waals surface area contributed by atoms with Crippen molar-refractivity contribution in [3.63, 3.8) is 0 Å². The highest BCUT2D eigenvalue weighted by Crippen LogP contribution is 2.32. The molecule has 1 aromatic heterocycles. The molecule has 3 heteroatoms. The molecular formula is C14H20N2O. The number of carbonyl (C=O) groups excluding carboxylic acids is 1. The number of hydrogen-bond acceptors (Lipinski definition) is 2. The van der Waals surface area contributed by atoms with Crippen LogP contribution in [0.15, 0.2) is 24.5 Å². The standard InChI is InChI=1S/C14H20N2O/c1-14(2,3)13(17)16(12-4-5-12)10-11-6-8-15-9-7-11/h6-9,12H,4-5,10H2,1-3H3. The maximum atomic E-state index is 12.4. The topological polar surface area (TPSA) is 33.2 Å². The van der Waals surface area contributed by atoms with E-state index in [-0.39, 0.29) is 11.3 Å². The molecule has 1 aliphatic rings. The molecule has 1 amide bonds. The van der Waals surface area contributed by atoms with Gasteiger partial charge in [0.15, 0.2) is 0 Å². The van der Waals surface area contributed by atoms with E-state index in [4.69, 9.17) is 0 Å². The summed E-state index contributed by atoms with van der Waals surface area (Å²) in [7, 11) is 0. The van der Waals surface area contributed by atoms with E-state index in [9.17, 15) is 4.79 Å². The summed E-state index contributed by atoms with van der Waals surface area (Å²) in [6.45, 7) is 6.66. The number of amides is 1. The zero-order valence-electron chi connectivity index (χ0n) is 10.8. The summed E-state index contributed by atoms with van der Waals surface area (Å²) in [6.07, 6.45) is 5.85. The first-order valence-corrected chi connectivity index (χ1v) is 6.18. The molecule has 0 unspecified atom stereocenters. The Morgan fingerprint density at radius 2 is 1.94 bits per heavy atom. The first kappa shape index (κ1) is 12.1. The molecule has 1 heterocycles. The average molecular weight is 232 g/mol. The van der Waals surface area contributed by atoms with E-state index in [0.29, 0.717) is 12.6 Å². The predicted molar refractivity (Wildman–Crippen MR) is 67.3 cm³/mol. The van der Waals surface area contributed by atoms with Gasteiger partial charge in [-0.05, 0) is 30.5 Å². The summed E-state index contributed by atoms with van der Waals surface area (Å²) in [5, 5.41) is 0. The SMILES string of the molecule is CC(C)(C)C(=O)N(Cc1ccncc1)C1CC1. The lowest BCUT2D eigenvalue weighted by Crippen LogP contribution is -2.40. The highest BCUT2D eigenvalue weighted by atomic mass is 16.2. The number of carbonyl (C=O) groups is 1. The highest BCUT2D eigenvalue weighted by molar-refractivity contribution is 5.82. The Balaban J connectivity index is 2.11. The van der Waals surface area contributed by atoms with Gasteiger partial charge in [0.1, 0.15) is 0 Å². The molecule has 1 aliphatic carbocycles. The Labute approximate surface area is 103 Å². The summed E-state index contributed by atoms with van der Waals surface area (Å²) < 4.78 is 0. The highest BCUT2D eigenvalue weighted by Gasteiger charge is 2.37. The van der Waals surface area contributed by atoms with Crippen LogP contribution in [0.3, 0.4) is 0 Å². The molecular weight excluding hydrogens is 212 g/mol. The molecule has 0 aliphatic heterocycles. The Bertz CT molecular complexity index is 390. The lowest BCUT2D eigenvalue weighted by molar-refractivity contribution is -0.140. The molecule has 0 saturated heterocycles. The Morgan fingerprint density at radius 3 is 2.41 bits per heavy atom. The number of rotatable bonds is 3. The monoisotopic (exact) mass is 232 g/mol. The quantitative estimate of drug-likeness (QED) is 0.802. The molecule has 0 atom stereocenters. The summed E-state index contributed by atoms with van der Waals surface area (Å²) in [4.78, 5) is 18.4. The van der Waals surface area contributed by atoms with Crippen molar-refractivity contribution < 1.29 is 4.79 Å². The second-order valence-corrected chi connectivity index (χ2v) is 5.77. The molecule has 92 valence electrons. The van der Waals surface area contributed by atoms with Crippen LogP contribution in [-0.2, 0) is 11.3 Å². The zero-order chi connectivity index (χ0) is 12.5. The minimum atomic E-state index is -0.296. The van der Waals surface area contributed by atoms with Crippen LogP contribution in [0.4, 0.5) is 0 Å². The van der Waals surface area contributed by atoms with Crippen LogP contribution in [0, 0.1) is 5.41 Å². The van der Waals surface area contributed by atoms with Gasteiger partial charge in [0.05, 0.1) is 0 Å². The van der Waals surface area contributed by atoms with Crippen molar-refractivity contribution in [3.05, 3.63) is 30.1 Å². The van der Waals surface area contributed by atoms with Gasteiger partial charge in [-0.15, -0.1) is 0 Å². The molecule has 0 spiro atoms. The van der Waals surface area contributed by atoms with Gasteiger partial charge >= 0.3 is 0 Å². The fraction of sp³-hybridized carbons (Fsp3) is 0.571. The van der Waals surface area contributed by atoms with Crippen LogP contribution < -0.4 is 0 Å². The molecule has 1 saturated carbocycles. The van der Waals surface area contributed by atoms with Crippen molar-refractivity contribution in [1.82, 2.24) is 9.88 Å².